The van der Waals surface area contributed by atoms with Crippen LogP contribution >= 0.6 is 0 Å². The number of hydrogen-bond acceptors (Lipinski definition) is 2. The molecule has 0 spiro atoms. The molecular formula is C13H24O2Si. The van der Waals surface area contributed by atoms with Crippen LogP contribution in [0, 0.1) is 11.8 Å². The predicted molar refractivity (Wildman–Crippen MR) is 70.6 cm³/mol. The lowest BCUT2D eigenvalue weighted by molar-refractivity contribution is -0.129. The molecule has 0 N–H and O–H groups in total. The molecular weight excluding hydrogens is 216 g/mol. The second-order valence-corrected chi connectivity index (χ2v) is 10.3. The highest BCUT2D eigenvalue weighted by Crippen LogP contribution is 2.36. The average molecular weight is 240 g/mol. The highest BCUT2D eigenvalue weighted by molar-refractivity contribution is 6.75. The molecule has 0 aromatic heterocycles. The van der Waals surface area contributed by atoms with Gasteiger partial charge in [0.25, 0.3) is 8.32 Å². The van der Waals surface area contributed by atoms with Crippen molar-refractivity contribution in [1.29, 1.82) is 0 Å². The first-order chi connectivity index (χ1) is 7.20. The maximum Gasteiger partial charge on any atom is 0.371 e. The van der Waals surface area contributed by atoms with Gasteiger partial charge in [0.1, 0.15) is 0 Å². The summed E-state index contributed by atoms with van der Waals surface area (Å²) in [5.41, 5.74) is 0. The predicted octanol–water partition coefficient (Wildman–Crippen LogP) is 3.73. The summed E-state index contributed by atoms with van der Waals surface area (Å²) in [5.74, 6) is 5.07. The van der Waals surface area contributed by atoms with Gasteiger partial charge in [-0.25, -0.2) is 4.79 Å². The minimum atomic E-state index is -1.99. The fraction of sp³-hybridized carbons (Fsp3) is 0.769. The Balaban J connectivity index is 4.28. The van der Waals surface area contributed by atoms with Gasteiger partial charge in [-0.3, -0.25) is 0 Å². The van der Waals surface area contributed by atoms with E-state index in [1.807, 2.05) is 0 Å². The Hall–Kier alpha value is -0.753. The van der Waals surface area contributed by atoms with Crippen LogP contribution in [0.3, 0.4) is 0 Å². The van der Waals surface area contributed by atoms with Crippen molar-refractivity contribution in [3.8, 4) is 11.8 Å². The smallest absolute Gasteiger partial charge is 0.371 e. The molecule has 0 rings (SSSR count). The first kappa shape index (κ1) is 15.2. The Morgan fingerprint density at radius 3 is 2.31 bits per heavy atom. The topological polar surface area (TPSA) is 26.3 Å². The Morgan fingerprint density at radius 1 is 1.31 bits per heavy atom. The van der Waals surface area contributed by atoms with Gasteiger partial charge < -0.3 is 4.43 Å². The van der Waals surface area contributed by atoms with E-state index in [0.717, 1.165) is 19.3 Å². The van der Waals surface area contributed by atoms with Gasteiger partial charge in [0.15, 0.2) is 0 Å². The molecule has 2 nitrogen and oxygen atoms in total. The third-order valence-electron chi connectivity index (χ3n) is 3.00. The van der Waals surface area contributed by atoms with E-state index in [1.54, 1.807) is 0 Å². The van der Waals surface area contributed by atoms with E-state index in [4.69, 9.17) is 4.43 Å². The molecule has 0 aromatic carbocycles. The molecule has 0 amide bonds. The zero-order valence-electron chi connectivity index (χ0n) is 11.4. The van der Waals surface area contributed by atoms with Crippen molar-refractivity contribution in [2.24, 2.45) is 0 Å². The van der Waals surface area contributed by atoms with E-state index in [1.165, 1.54) is 0 Å². The lowest BCUT2D eigenvalue weighted by atomic mass is 10.2. The van der Waals surface area contributed by atoms with Gasteiger partial charge in [0.05, 0.1) is 0 Å². The summed E-state index contributed by atoms with van der Waals surface area (Å²) in [7, 11) is -1.99. The molecule has 0 radical (unpaired) electrons. The lowest BCUT2D eigenvalue weighted by Gasteiger charge is -2.34. The van der Waals surface area contributed by atoms with Gasteiger partial charge in [-0.05, 0) is 24.6 Å². The molecule has 0 saturated carbocycles. The van der Waals surface area contributed by atoms with Crippen LogP contribution in [0.4, 0.5) is 0 Å². The van der Waals surface area contributed by atoms with E-state index in [2.05, 4.69) is 52.6 Å². The molecule has 0 atom stereocenters. The van der Waals surface area contributed by atoms with Crippen molar-refractivity contribution < 1.29 is 9.22 Å². The maximum atomic E-state index is 11.5. The SMILES string of the molecule is CCCCC#CC(=O)O[Si](C)(C)C(C)(C)C. The first-order valence-electron chi connectivity index (χ1n) is 5.92. The monoisotopic (exact) mass is 240 g/mol. The van der Waals surface area contributed by atoms with Crippen LogP contribution in [-0.2, 0) is 9.22 Å². The molecule has 3 heteroatoms. The molecule has 0 aliphatic carbocycles. The largest absolute Gasteiger partial charge is 0.510 e. The molecule has 0 fully saturated rings. The standard InChI is InChI=1S/C13H24O2Si/c1-7-8-9-10-11-12(14)15-16(5,6)13(2,3)4/h7-9H2,1-6H3. The second kappa shape index (κ2) is 6.10. The summed E-state index contributed by atoms with van der Waals surface area (Å²) >= 11 is 0. The number of unbranched alkanes of at least 4 members (excludes halogenated alkanes) is 2. The van der Waals surface area contributed by atoms with Crippen LogP contribution in [0.15, 0.2) is 0 Å². The molecule has 0 aliphatic rings. The van der Waals surface area contributed by atoms with Crippen molar-refractivity contribution in [3.05, 3.63) is 0 Å². The Morgan fingerprint density at radius 2 is 1.88 bits per heavy atom. The highest BCUT2D eigenvalue weighted by atomic mass is 28.4. The van der Waals surface area contributed by atoms with Crippen LogP contribution in [0.25, 0.3) is 0 Å². The number of carbonyl (C=O) groups is 1. The van der Waals surface area contributed by atoms with Crippen LogP contribution in [0.2, 0.25) is 18.1 Å². The summed E-state index contributed by atoms with van der Waals surface area (Å²) in [5, 5.41) is 0.0494. The summed E-state index contributed by atoms with van der Waals surface area (Å²) in [6.45, 7) is 12.5. The normalized spacial score (nSPS) is 11.6. The summed E-state index contributed by atoms with van der Waals surface area (Å²) in [4.78, 5) is 11.5. The number of hydrogen-bond donors (Lipinski definition) is 0. The quantitative estimate of drug-likeness (QED) is 0.427. The van der Waals surface area contributed by atoms with E-state index in [-0.39, 0.29) is 11.0 Å². The molecule has 0 heterocycles. The minimum Gasteiger partial charge on any atom is -0.510 e. The van der Waals surface area contributed by atoms with Crippen molar-refractivity contribution in [2.45, 2.75) is 65.1 Å². The molecule has 0 unspecified atom stereocenters. The highest BCUT2D eigenvalue weighted by Gasteiger charge is 2.40. The minimum absolute atomic E-state index is 0.0494. The van der Waals surface area contributed by atoms with E-state index in [9.17, 15) is 4.79 Å². The maximum absolute atomic E-state index is 11.5. The van der Waals surface area contributed by atoms with Crippen molar-refractivity contribution in [2.75, 3.05) is 0 Å². The number of carbonyl (C=O) groups excluding carboxylic acids is 1. The van der Waals surface area contributed by atoms with Gasteiger partial charge in [0, 0.05) is 12.3 Å². The molecule has 92 valence electrons. The molecule has 16 heavy (non-hydrogen) atoms. The van der Waals surface area contributed by atoms with E-state index >= 15 is 0 Å². The van der Waals surface area contributed by atoms with Gasteiger partial charge in [0.2, 0.25) is 0 Å². The van der Waals surface area contributed by atoms with Gasteiger partial charge in [-0.15, -0.1) is 0 Å². The zero-order chi connectivity index (χ0) is 12.8. The molecule has 0 saturated heterocycles. The van der Waals surface area contributed by atoms with E-state index in [0.29, 0.717) is 0 Å². The summed E-state index contributed by atoms with van der Waals surface area (Å²) in [6.07, 6.45) is 2.93. The third kappa shape index (κ3) is 5.36. The Bertz CT molecular complexity index is 289. The van der Waals surface area contributed by atoms with Gasteiger partial charge in [-0.1, -0.05) is 40.0 Å². The summed E-state index contributed by atoms with van der Waals surface area (Å²) in [6, 6.07) is 0. The summed E-state index contributed by atoms with van der Waals surface area (Å²) < 4.78 is 5.51. The van der Waals surface area contributed by atoms with Gasteiger partial charge in [-0.2, -0.15) is 0 Å². The molecule has 0 bridgehead atoms. The Kier molecular flexibility index (Phi) is 5.81. The zero-order valence-corrected chi connectivity index (χ0v) is 12.4. The van der Waals surface area contributed by atoms with Crippen LogP contribution in [0.1, 0.15) is 47.0 Å². The van der Waals surface area contributed by atoms with Crippen LogP contribution in [-0.4, -0.2) is 14.3 Å². The average Bonchev–Trinajstić information content (AvgIpc) is 2.10. The fourth-order valence-electron chi connectivity index (χ4n) is 0.810. The number of rotatable bonds is 3. The van der Waals surface area contributed by atoms with Crippen LogP contribution < -0.4 is 0 Å². The second-order valence-electron chi connectivity index (χ2n) is 5.56. The lowest BCUT2D eigenvalue weighted by Crippen LogP contribution is -2.42. The van der Waals surface area contributed by atoms with Crippen molar-refractivity contribution >= 4 is 14.3 Å². The first-order valence-corrected chi connectivity index (χ1v) is 8.83. The molecule has 0 aliphatic heterocycles. The van der Waals surface area contributed by atoms with E-state index < -0.39 is 8.32 Å². The van der Waals surface area contributed by atoms with Crippen LogP contribution in [0.5, 0.6) is 0 Å². The fourth-order valence-corrected chi connectivity index (χ4v) is 1.63. The Labute approximate surface area is 101 Å². The molecule has 0 aromatic rings. The van der Waals surface area contributed by atoms with Crippen molar-refractivity contribution in [1.82, 2.24) is 0 Å². The van der Waals surface area contributed by atoms with Gasteiger partial charge >= 0.3 is 5.97 Å². The third-order valence-corrected chi connectivity index (χ3v) is 7.31. The van der Waals surface area contributed by atoms with Crippen molar-refractivity contribution in [3.63, 3.8) is 0 Å².